The Hall–Kier alpha value is -1.06. The predicted octanol–water partition coefficient (Wildman–Crippen LogP) is 3.55. The third kappa shape index (κ3) is 7.49. The Kier molecular flexibility index (Phi) is 9.11. The number of alkyl halides is 1. The Morgan fingerprint density at radius 2 is 1.71 bits per heavy atom. The number of amides is 1. The fraction of sp³-hybridized carbons (Fsp3) is 0.588. The molecular formula is C17H27ClN2O. The maximum Gasteiger partial charge on any atom is 0.220 e. The molecule has 0 unspecified atom stereocenters. The largest absolute Gasteiger partial charge is 0.352 e. The van der Waals surface area contributed by atoms with E-state index in [1.807, 2.05) is 0 Å². The van der Waals surface area contributed by atoms with Crippen LogP contribution >= 0.6 is 11.6 Å². The summed E-state index contributed by atoms with van der Waals surface area (Å²) in [6, 6.07) is 8.48. The molecule has 1 aromatic rings. The summed E-state index contributed by atoms with van der Waals surface area (Å²) in [7, 11) is 0. The summed E-state index contributed by atoms with van der Waals surface area (Å²) in [5.41, 5.74) is 2.46. The topological polar surface area (TPSA) is 32.3 Å². The molecule has 0 aliphatic carbocycles. The van der Waals surface area contributed by atoms with Gasteiger partial charge in [-0.25, -0.2) is 0 Å². The number of hydrogen-bond donors (Lipinski definition) is 1. The molecule has 0 atom stereocenters. The van der Waals surface area contributed by atoms with Crippen molar-refractivity contribution in [1.82, 2.24) is 10.2 Å². The molecule has 0 aliphatic heterocycles. The van der Waals surface area contributed by atoms with Gasteiger partial charge in [0.2, 0.25) is 5.91 Å². The van der Waals surface area contributed by atoms with Crippen LogP contribution in [0.5, 0.6) is 0 Å². The summed E-state index contributed by atoms with van der Waals surface area (Å²) in [4.78, 5) is 14.0. The lowest BCUT2D eigenvalue weighted by atomic mass is 10.1. The van der Waals surface area contributed by atoms with Crippen LogP contribution in [0.15, 0.2) is 24.3 Å². The van der Waals surface area contributed by atoms with Crippen molar-refractivity contribution in [2.24, 2.45) is 0 Å². The second kappa shape index (κ2) is 10.6. The van der Waals surface area contributed by atoms with E-state index in [9.17, 15) is 4.79 Å². The molecule has 0 spiro atoms. The molecule has 4 heteroatoms. The molecule has 0 radical (unpaired) electrons. The van der Waals surface area contributed by atoms with E-state index in [1.165, 1.54) is 5.56 Å². The van der Waals surface area contributed by atoms with Crippen molar-refractivity contribution in [2.75, 3.05) is 19.0 Å². The number of rotatable bonds is 10. The van der Waals surface area contributed by atoms with Gasteiger partial charge in [0, 0.05) is 25.4 Å². The molecule has 0 saturated carbocycles. The summed E-state index contributed by atoms with van der Waals surface area (Å²) in [5.74, 6) is 0.730. The van der Waals surface area contributed by atoms with E-state index in [-0.39, 0.29) is 5.91 Å². The van der Waals surface area contributed by atoms with Gasteiger partial charge in [0.1, 0.15) is 0 Å². The fourth-order valence-corrected chi connectivity index (χ4v) is 2.33. The second-order valence-electron chi connectivity index (χ2n) is 5.20. The van der Waals surface area contributed by atoms with E-state index < -0.39 is 0 Å². The van der Waals surface area contributed by atoms with Crippen molar-refractivity contribution in [3.63, 3.8) is 0 Å². The molecular weight excluding hydrogens is 284 g/mol. The maximum absolute atomic E-state index is 11.6. The van der Waals surface area contributed by atoms with E-state index in [4.69, 9.17) is 11.6 Å². The minimum Gasteiger partial charge on any atom is -0.352 e. The van der Waals surface area contributed by atoms with E-state index >= 15 is 0 Å². The van der Waals surface area contributed by atoms with Crippen LogP contribution in [-0.2, 0) is 17.9 Å². The van der Waals surface area contributed by atoms with Crippen molar-refractivity contribution in [1.29, 1.82) is 0 Å². The molecule has 0 bridgehead atoms. The zero-order chi connectivity index (χ0) is 15.5. The highest BCUT2D eigenvalue weighted by molar-refractivity contribution is 6.17. The quantitative estimate of drug-likeness (QED) is 0.529. The van der Waals surface area contributed by atoms with Gasteiger partial charge in [0.15, 0.2) is 0 Å². The standard InChI is InChI=1S/C17H27ClN2O/c1-3-20(4-2)14-16-10-8-15(9-11-16)13-19-17(21)7-5-6-12-18/h8-11H,3-7,12-14H2,1-2H3,(H,19,21). The fourth-order valence-electron chi connectivity index (χ4n) is 2.14. The van der Waals surface area contributed by atoms with Gasteiger partial charge in [-0.1, -0.05) is 38.1 Å². The number of unbranched alkanes of at least 4 members (excludes halogenated alkanes) is 1. The molecule has 0 saturated heterocycles. The number of halogens is 1. The zero-order valence-electron chi connectivity index (χ0n) is 13.2. The van der Waals surface area contributed by atoms with Gasteiger partial charge in [0.25, 0.3) is 0 Å². The summed E-state index contributed by atoms with van der Waals surface area (Å²) >= 11 is 5.59. The van der Waals surface area contributed by atoms with Crippen LogP contribution in [0.1, 0.15) is 44.2 Å². The lowest BCUT2D eigenvalue weighted by Gasteiger charge is -2.18. The maximum atomic E-state index is 11.6. The van der Waals surface area contributed by atoms with Gasteiger partial charge in [-0.05, 0) is 37.1 Å². The first-order valence-corrected chi connectivity index (χ1v) is 8.35. The molecule has 3 nitrogen and oxygen atoms in total. The first-order valence-electron chi connectivity index (χ1n) is 7.82. The number of nitrogens with zero attached hydrogens (tertiary/aromatic N) is 1. The van der Waals surface area contributed by atoms with Crippen molar-refractivity contribution >= 4 is 17.5 Å². The SMILES string of the molecule is CCN(CC)Cc1ccc(CNC(=O)CCCCCl)cc1. The monoisotopic (exact) mass is 310 g/mol. The number of carbonyl (C=O) groups is 1. The number of carbonyl (C=O) groups excluding carboxylic acids is 1. The molecule has 0 aliphatic rings. The Balaban J connectivity index is 2.35. The molecule has 1 aromatic carbocycles. The van der Waals surface area contributed by atoms with Crippen molar-refractivity contribution < 1.29 is 4.79 Å². The van der Waals surface area contributed by atoms with Crippen LogP contribution < -0.4 is 5.32 Å². The second-order valence-corrected chi connectivity index (χ2v) is 5.58. The smallest absolute Gasteiger partial charge is 0.220 e. The summed E-state index contributed by atoms with van der Waals surface area (Å²) in [6.45, 7) is 8.08. The van der Waals surface area contributed by atoms with E-state index in [2.05, 4.69) is 48.3 Å². The molecule has 0 fully saturated rings. The molecule has 1 rings (SSSR count). The average Bonchev–Trinajstić information content (AvgIpc) is 2.52. The van der Waals surface area contributed by atoms with Crippen LogP contribution in [0.25, 0.3) is 0 Å². The van der Waals surface area contributed by atoms with E-state index in [1.54, 1.807) is 0 Å². The highest BCUT2D eigenvalue weighted by atomic mass is 35.5. The van der Waals surface area contributed by atoms with Crippen LogP contribution in [0, 0.1) is 0 Å². The summed E-state index contributed by atoms with van der Waals surface area (Å²) in [6.07, 6.45) is 2.32. The summed E-state index contributed by atoms with van der Waals surface area (Å²) < 4.78 is 0. The lowest BCUT2D eigenvalue weighted by molar-refractivity contribution is -0.121. The van der Waals surface area contributed by atoms with Crippen LogP contribution in [0.2, 0.25) is 0 Å². The predicted molar refractivity (Wildman–Crippen MR) is 89.5 cm³/mol. The minimum absolute atomic E-state index is 0.104. The Labute approximate surface area is 133 Å². The van der Waals surface area contributed by atoms with Crippen LogP contribution in [-0.4, -0.2) is 29.8 Å². The van der Waals surface area contributed by atoms with Gasteiger partial charge in [-0.15, -0.1) is 11.6 Å². The van der Waals surface area contributed by atoms with Crippen molar-refractivity contribution in [3.8, 4) is 0 Å². The number of hydrogen-bond acceptors (Lipinski definition) is 2. The summed E-state index contributed by atoms with van der Waals surface area (Å²) in [5, 5.41) is 2.95. The highest BCUT2D eigenvalue weighted by Crippen LogP contribution is 2.08. The molecule has 0 aromatic heterocycles. The van der Waals surface area contributed by atoms with Gasteiger partial charge >= 0.3 is 0 Å². The first-order chi connectivity index (χ1) is 10.2. The first kappa shape index (κ1) is 18.0. The minimum atomic E-state index is 0.104. The average molecular weight is 311 g/mol. The van der Waals surface area contributed by atoms with Gasteiger partial charge < -0.3 is 5.32 Å². The lowest BCUT2D eigenvalue weighted by Crippen LogP contribution is -2.23. The van der Waals surface area contributed by atoms with Crippen molar-refractivity contribution in [2.45, 2.75) is 46.2 Å². The molecule has 118 valence electrons. The third-order valence-electron chi connectivity index (χ3n) is 3.60. The normalized spacial score (nSPS) is 10.9. The van der Waals surface area contributed by atoms with Gasteiger partial charge in [-0.3, -0.25) is 9.69 Å². The van der Waals surface area contributed by atoms with Gasteiger partial charge in [0.05, 0.1) is 0 Å². The Morgan fingerprint density at radius 1 is 1.10 bits per heavy atom. The zero-order valence-corrected chi connectivity index (χ0v) is 14.0. The van der Waals surface area contributed by atoms with Crippen LogP contribution in [0.4, 0.5) is 0 Å². The van der Waals surface area contributed by atoms with Crippen molar-refractivity contribution in [3.05, 3.63) is 35.4 Å². The molecule has 1 N–H and O–H groups in total. The van der Waals surface area contributed by atoms with E-state index in [0.717, 1.165) is 38.0 Å². The molecule has 21 heavy (non-hydrogen) atoms. The van der Waals surface area contributed by atoms with Gasteiger partial charge in [-0.2, -0.15) is 0 Å². The molecule has 0 heterocycles. The Bertz CT molecular complexity index is 402. The van der Waals surface area contributed by atoms with E-state index in [0.29, 0.717) is 18.8 Å². The Morgan fingerprint density at radius 3 is 2.29 bits per heavy atom. The number of nitrogens with one attached hydrogen (secondary N) is 1. The molecule has 1 amide bonds. The van der Waals surface area contributed by atoms with Crippen LogP contribution in [0.3, 0.4) is 0 Å². The number of benzene rings is 1. The third-order valence-corrected chi connectivity index (χ3v) is 3.87. The highest BCUT2D eigenvalue weighted by Gasteiger charge is 2.03.